The van der Waals surface area contributed by atoms with E-state index in [1.54, 1.807) is 31.1 Å². The van der Waals surface area contributed by atoms with E-state index in [-0.39, 0.29) is 5.03 Å². The number of sulfonamides is 1. The molecule has 0 bridgehead atoms. The summed E-state index contributed by atoms with van der Waals surface area (Å²) in [5.41, 5.74) is 0. The predicted molar refractivity (Wildman–Crippen MR) is 102 cm³/mol. The van der Waals surface area contributed by atoms with Crippen molar-refractivity contribution in [3.8, 4) is 0 Å². The molecule has 4 heterocycles. The van der Waals surface area contributed by atoms with E-state index >= 15 is 0 Å². The molecule has 2 fully saturated rings. The van der Waals surface area contributed by atoms with Gasteiger partial charge in [0.2, 0.25) is 0 Å². The van der Waals surface area contributed by atoms with Crippen LogP contribution in [0.2, 0.25) is 0 Å². The fourth-order valence-corrected chi connectivity index (χ4v) is 5.02. The molecule has 2 aliphatic rings. The van der Waals surface area contributed by atoms with Crippen molar-refractivity contribution < 1.29 is 8.42 Å². The van der Waals surface area contributed by atoms with Gasteiger partial charge in [0.25, 0.3) is 10.0 Å². The van der Waals surface area contributed by atoms with Crippen molar-refractivity contribution in [3.63, 3.8) is 0 Å². The molecule has 10 heteroatoms. The van der Waals surface area contributed by atoms with Gasteiger partial charge in [-0.25, -0.2) is 23.4 Å². The van der Waals surface area contributed by atoms with E-state index in [4.69, 9.17) is 0 Å². The number of hydrogen-bond donors (Lipinski definition) is 0. The van der Waals surface area contributed by atoms with Crippen LogP contribution in [0.5, 0.6) is 0 Å². The first kappa shape index (κ1) is 18.2. The molecule has 27 heavy (non-hydrogen) atoms. The Labute approximate surface area is 159 Å². The standard InChI is InChI=1S/C17H25N7O2S/c1-14-20-17(12-21(14)2)27(25,26)24-9-7-23(8-10-24)16-11-15(18-13-19-16)22-5-3-4-6-22/h11-13H,3-10H2,1-2H3. The van der Waals surface area contributed by atoms with Gasteiger partial charge in [-0.1, -0.05) is 0 Å². The minimum Gasteiger partial charge on any atom is -0.356 e. The molecule has 9 nitrogen and oxygen atoms in total. The summed E-state index contributed by atoms with van der Waals surface area (Å²) in [5.74, 6) is 2.50. The van der Waals surface area contributed by atoms with Gasteiger partial charge in [0.15, 0.2) is 5.03 Å². The number of aromatic nitrogens is 4. The smallest absolute Gasteiger partial charge is 0.262 e. The Bertz CT molecular complexity index is 894. The Morgan fingerprint density at radius 3 is 2.07 bits per heavy atom. The third-order valence-corrected chi connectivity index (χ3v) is 7.09. The number of nitrogens with zero attached hydrogens (tertiary/aromatic N) is 7. The lowest BCUT2D eigenvalue weighted by Crippen LogP contribution is -2.49. The van der Waals surface area contributed by atoms with Gasteiger partial charge in [-0.3, -0.25) is 0 Å². The van der Waals surface area contributed by atoms with Crippen LogP contribution in [0.15, 0.2) is 23.6 Å². The van der Waals surface area contributed by atoms with E-state index in [1.165, 1.54) is 17.1 Å². The molecule has 0 aliphatic carbocycles. The lowest BCUT2D eigenvalue weighted by Gasteiger charge is -2.34. The summed E-state index contributed by atoms with van der Waals surface area (Å²) in [6.07, 6.45) is 5.57. The summed E-state index contributed by atoms with van der Waals surface area (Å²) in [5, 5.41) is 0.120. The average molecular weight is 392 g/mol. The Morgan fingerprint density at radius 2 is 1.52 bits per heavy atom. The molecule has 2 aliphatic heterocycles. The van der Waals surface area contributed by atoms with Crippen LogP contribution < -0.4 is 9.80 Å². The number of anilines is 2. The Balaban J connectivity index is 1.45. The summed E-state index contributed by atoms with van der Waals surface area (Å²) < 4.78 is 28.9. The van der Waals surface area contributed by atoms with Crippen LogP contribution in [0, 0.1) is 6.92 Å². The quantitative estimate of drug-likeness (QED) is 0.755. The lowest BCUT2D eigenvalue weighted by molar-refractivity contribution is 0.382. The molecule has 146 valence electrons. The molecule has 0 aromatic carbocycles. The summed E-state index contributed by atoms with van der Waals surface area (Å²) in [7, 11) is -1.76. The molecule has 0 amide bonds. The minimum atomic E-state index is -3.56. The van der Waals surface area contributed by atoms with Crippen LogP contribution >= 0.6 is 0 Å². The van der Waals surface area contributed by atoms with Crippen molar-refractivity contribution in [3.05, 3.63) is 24.4 Å². The Hall–Kier alpha value is -2.20. The fourth-order valence-electron chi connectivity index (χ4n) is 3.57. The first-order valence-electron chi connectivity index (χ1n) is 9.27. The van der Waals surface area contributed by atoms with Crippen molar-refractivity contribution in [1.29, 1.82) is 0 Å². The van der Waals surface area contributed by atoms with E-state index in [0.717, 1.165) is 24.7 Å². The summed E-state index contributed by atoms with van der Waals surface area (Å²) in [6, 6.07) is 2.01. The highest BCUT2D eigenvalue weighted by atomic mass is 32.2. The third kappa shape index (κ3) is 3.51. The Kier molecular flexibility index (Phi) is 4.77. The molecule has 0 radical (unpaired) electrons. The lowest BCUT2D eigenvalue weighted by atomic mass is 10.3. The monoisotopic (exact) mass is 391 g/mol. The van der Waals surface area contributed by atoms with E-state index in [2.05, 4.69) is 24.8 Å². The number of aryl methyl sites for hydroxylation is 2. The van der Waals surface area contributed by atoms with Crippen LogP contribution in [-0.4, -0.2) is 71.5 Å². The summed E-state index contributed by atoms with van der Waals surface area (Å²) >= 11 is 0. The van der Waals surface area contributed by atoms with Gasteiger partial charge < -0.3 is 14.4 Å². The molecular formula is C17H25N7O2S. The van der Waals surface area contributed by atoms with E-state index < -0.39 is 10.0 Å². The zero-order valence-electron chi connectivity index (χ0n) is 15.7. The SMILES string of the molecule is Cc1nc(S(=O)(=O)N2CCN(c3cc(N4CCCC4)ncn3)CC2)cn1C. The number of imidazole rings is 1. The van der Waals surface area contributed by atoms with Gasteiger partial charge in [-0.15, -0.1) is 0 Å². The highest BCUT2D eigenvalue weighted by Crippen LogP contribution is 2.23. The molecule has 0 spiro atoms. The van der Waals surface area contributed by atoms with Crippen LogP contribution in [0.1, 0.15) is 18.7 Å². The highest BCUT2D eigenvalue weighted by Gasteiger charge is 2.31. The topological polar surface area (TPSA) is 87.5 Å². The maximum atomic E-state index is 12.8. The second-order valence-electron chi connectivity index (χ2n) is 7.06. The molecule has 2 aromatic rings. The van der Waals surface area contributed by atoms with E-state index in [9.17, 15) is 8.42 Å². The second kappa shape index (κ2) is 7.08. The van der Waals surface area contributed by atoms with Gasteiger partial charge >= 0.3 is 0 Å². The molecular weight excluding hydrogens is 366 g/mol. The Morgan fingerprint density at radius 1 is 0.926 bits per heavy atom. The number of hydrogen-bond acceptors (Lipinski definition) is 7. The van der Waals surface area contributed by atoms with Crippen molar-refractivity contribution in [2.24, 2.45) is 7.05 Å². The van der Waals surface area contributed by atoms with E-state index in [1.807, 2.05) is 6.07 Å². The maximum Gasteiger partial charge on any atom is 0.262 e. The molecule has 0 N–H and O–H groups in total. The number of piperazine rings is 1. The molecule has 0 saturated carbocycles. The van der Waals surface area contributed by atoms with Crippen LogP contribution in [0.4, 0.5) is 11.6 Å². The van der Waals surface area contributed by atoms with Crippen LogP contribution in [0.3, 0.4) is 0 Å². The molecule has 4 rings (SSSR count). The number of rotatable bonds is 4. The van der Waals surface area contributed by atoms with Crippen molar-refractivity contribution in [1.82, 2.24) is 23.8 Å². The average Bonchev–Trinajstić information content (AvgIpc) is 3.33. The highest BCUT2D eigenvalue weighted by molar-refractivity contribution is 7.89. The zero-order chi connectivity index (χ0) is 19.0. The molecule has 0 atom stereocenters. The van der Waals surface area contributed by atoms with Gasteiger partial charge in [0, 0.05) is 58.6 Å². The molecule has 2 saturated heterocycles. The molecule has 2 aromatic heterocycles. The summed E-state index contributed by atoms with van der Waals surface area (Å²) in [6.45, 7) is 5.90. The third-order valence-electron chi connectivity index (χ3n) is 5.32. The van der Waals surface area contributed by atoms with Gasteiger partial charge in [0.1, 0.15) is 23.8 Å². The van der Waals surface area contributed by atoms with E-state index in [0.29, 0.717) is 32.0 Å². The summed E-state index contributed by atoms with van der Waals surface area (Å²) in [4.78, 5) is 17.4. The largest absolute Gasteiger partial charge is 0.356 e. The van der Waals surface area contributed by atoms with Crippen molar-refractivity contribution in [2.45, 2.75) is 24.8 Å². The maximum absolute atomic E-state index is 12.8. The van der Waals surface area contributed by atoms with Crippen LogP contribution in [-0.2, 0) is 17.1 Å². The van der Waals surface area contributed by atoms with Crippen LogP contribution in [0.25, 0.3) is 0 Å². The molecule has 0 unspecified atom stereocenters. The van der Waals surface area contributed by atoms with Gasteiger partial charge in [-0.2, -0.15) is 4.31 Å². The zero-order valence-corrected chi connectivity index (χ0v) is 16.6. The predicted octanol–water partition coefficient (Wildman–Crippen LogP) is 0.630. The minimum absolute atomic E-state index is 0.120. The normalized spacial score (nSPS) is 19.0. The van der Waals surface area contributed by atoms with Crippen molar-refractivity contribution in [2.75, 3.05) is 49.1 Å². The second-order valence-corrected chi connectivity index (χ2v) is 8.94. The van der Waals surface area contributed by atoms with Crippen molar-refractivity contribution >= 4 is 21.7 Å². The van der Waals surface area contributed by atoms with Gasteiger partial charge in [0.05, 0.1) is 0 Å². The first-order chi connectivity index (χ1) is 12.9. The fraction of sp³-hybridized carbons (Fsp3) is 0.588. The van der Waals surface area contributed by atoms with Gasteiger partial charge in [-0.05, 0) is 19.8 Å². The first-order valence-corrected chi connectivity index (χ1v) is 10.7.